The quantitative estimate of drug-likeness (QED) is 0.809. The van der Waals surface area contributed by atoms with Crippen LogP contribution in [0.2, 0.25) is 0 Å². The lowest BCUT2D eigenvalue weighted by molar-refractivity contribution is -0.137. The molecule has 1 saturated heterocycles. The molecule has 1 aliphatic heterocycles. The van der Waals surface area contributed by atoms with Crippen LogP contribution in [0.1, 0.15) is 43.0 Å². The largest absolute Gasteiger partial charge is 0.497 e. The molecule has 0 radical (unpaired) electrons. The number of hydrogen-bond acceptors (Lipinski definition) is 5. The molecule has 30 heavy (non-hydrogen) atoms. The Hall–Kier alpha value is -2.77. The molecule has 0 spiro atoms. The molecule has 164 valence electrons. The minimum absolute atomic E-state index is 0.0257. The van der Waals surface area contributed by atoms with Crippen molar-refractivity contribution in [3.8, 4) is 11.5 Å². The van der Waals surface area contributed by atoms with Crippen LogP contribution in [0, 0.1) is 5.92 Å². The number of ether oxygens (including phenoxy) is 2. The minimum Gasteiger partial charge on any atom is -0.497 e. The first-order valence-corrected chi connectivity index (χ1v) is 10.5. The number of carbonyl (C=O) groups excluding carboxylic acids is 3. The van der Waals surface area contributed by atoms with Crippen molar-refractivity contribution in [1.29, 1.82) is 0 Å². The van der Waals surface area contributed by atoms with E-state index in [2.05, 4.69) is 5.32 Å². The molecule has 2 aliphatic rings. The number of benzene rings is 1. The van der Waals surface area contributed by atoms with Crippen LogP contribution in [0.25, 0.3) is 0 Å². The molecule has 2 fully saturated rings. The van der Waals surface area contributed by atoms with Crippen molar-refractivity contribution in [2.75, 3.05) is 40.4 Å². The number of hydrogen-bond donors (Lipinski definition) is 1. The Balaban J connectivity index is 1.84. The average molecular weight is 418 g/mol. The predicted molar refractivity (Wildman–Crippen MR) is 112 cm³/mol. The number of nitrogens with zero attached hydrogens (tertiary/aromatic N) is 2. The van der Waals surface area contributed by atoms with Crippen molar-refractivity contribution in [3.05, 3.63) is 23.8 Å². The molecule has 3 amide bonds. The molecule has 1 saturated carbocycles. The molecule has 1 heterocycles. The second-order valence-electron chi connectivity index (χ2n) is 7.82. The predicted octanol–water partition coefficient (Wildman–Crippen LogP) is 1.68. The zero-order valence-electron chi connectivity index (χ0n) is 18.0. The second kappa shape index (κ2) is 9.82. The van der Waals surface area contributed by atoms with Gasteiger partial charge in [-0.25, -0.2) is 0 Å². The van der Waals surface area contributed by atoms with Gasteiger partial charge in [0.25, 0.3) is 5.91 Å². The highest BCUT2D eigenvalue weighted by atomic mass is 16.5. The molecule has 1 aliphatic carbocycles. The lowest BCUT2D eigenvalue weighted by atomic mass is 9.82. The van der Waals surface area contributed by atoms with E-state index in [0.29, 0.717) is 43.2 Å². The Labute approximate surface area is 177 Å². The van der Waals surface area contributed by atoms with Crippen molar-refractivity contribution in [2.24, 2.45) is 5.92 Å². The van der Waals surface area contributed by atoms with Gasteiger partial charge in [-0.1, -0.05) is 12.8 Å². The minimum atomic E-state index is -0.201. The first kappa shape index (κ1) is 21.9. The smallest absolute Gasteiger partial charge is 0.257 e. The van der Waals surface area contributed by atoms with Crippen LogP contribution < -0.4 is 14.8 Å². The van der Waals surface area contributed by atoms with Crippen LogP contribution >= 0.6 is 0 Å². The summed E-state index contributed by atoms with van der Waals surface area (Å²) in [6.45, 7) is 3.09. The summed E-state index contributed by atoms with van der Waals surface area (Å²) in [6, 6.07) is 4.96. The summed E-state index contributed by atoms with van der Waals surface area (Å²) >= 11 is 0. The Morgan fingerprint density at radius 3 is 2.53 bits per heavy atom. The second-order valence-corrected chi connectivity index (χ2v) is 7.82. The number of carbonyl (C=O) groups is 3. The van der Waals surface area contributed by atoms with E-state index in [-0.39, 0.29) is 29.7 Å². The van der Waals surface area contributed by atoms with E-state index in [1.165, 1.54) is 14.0 Å². The third-order valence-electron chi connectivity index (χ3n) is 6.09. The maximum absolute atomic E-state index is 13.3. The van der Waals surface area contributed by atoms with Crippen molar-refractivity contribution in [3.63, 3.8) is 0 Å². The third-order valence-corrected chi connectivity index (χ3v) is 6.09. The third kappa shape index (κ3) is 4.68. The van der Waals surface area contributed by atoms with Crippen LogP contribution in [0.5, 0.6) is 11.5 Å². The van der Waals surface area contributed by atoms with Gasteiger partial charge < -0.3 is 24.6 Å². The summed E-state index contributed by atoms with van der Waals surface area (Å²) in [4.78, 5) is 41.9. The Morgan fingerprint density at radius 2 is 1.83 bits per heavy atom. The highest BCUT2D eigenvalue weighted by Crippen LogP contribution is 2.30. The maximum Gasteiger partial charge on any atom is 0.257 e. The van der Waals surface area contributed by atoms with E-state index in [0.717, 1.165) is 25.7 Å². The van der Waals surface area contributed by atoms with E-state index in [1.54, 1.807) is 35.1 Å². The van der Waals surface area contributed by atoms with Gasteiger partial charge in [0.1, 0.15) is 11.5 Å². The molecule has 0 aromatic heterocycles. The Morgan fingerprint density at radius 1 is 1.07 bits per heavy atom. The van der Waals surface area contributed by atoms with Crippen LogP contribution in [0.15, 0.2) is 18.2 Å². The molecule has 8 nitrogen and oxygen atoms in total. The van der Waals surface area contributed by atoms with E-state index >= 15 is 0 Å². The number of fused-ring (bicyclic) bond motifs is 1. The van der Waals surface area contributed by atoms with Crippen molar-refractivity contribution >= 4 is 17.7 Å². The summed E-state index contributed by atoms with van der Waals surface area (Å²) in [6.07, 6.45) is 3.62. The molecule has 1 N–H and O–H groups in total. The average Bonchev–Trinajstić information content (AvgIpc) is 2.76. The molecular weight excluding hydrogens is 386 g/mol. The van der Waals surface area contributed by atoms with Crippen LogP contribution in [-0.4, -0.2) is 74.0 Å². The molecule has 1 aromatic carbocycles. The van der Waals surface area contributed by atoms with Gasteiger partial charge in [0.05, 0.1) is 25.7 Å². The van der Waals surface area contributed by atoms with Gasteiger partial charge in [0.2, 0.25) is 11.8 Å². The SMILES string of the molecule is COc1ccc(C(=O)N2CCNC(=O)[C@H]3CCCC[C@H]3N(C(C)=O)CC2)c(OC)c1. The lowest BCUT2D eigenvalue weighted by Crippen LogP contribution is -2.55. The first-order valence-electron chi connectivity index (χ1n) is 10.5. The molecule has 3 rings (SSSR count). The van der Waals surface area contributed by atoms with E-state index in [1.807, 2.05) is 0 Å². The summed E-state index contributed by atoms with van der Waals surface area (Å²) in [5.74, 6) is 0.565. The fraction of sp³-hybridized carbons (Fsp3) is 0.591. The van der Waals surface area contributed by atoms with Gasteiger partial charge in [0, 0.05) is 45.2 Å². The standard InChI is InChI=1S/C22H31N3O5/c1-15(26)25-13-12-24(11-10-23-21(27)17-6-4-5-7-19(17)25)22(28)18-9-8-16(29-2)14-20(18)30-3/h8-9,14,17,19H,4-7,10-13H2,1-3H3,(H,23,27)/t17-,19+/m0/s1. The van der Waals surface area contributed by atoms with Crippen LogP contribution in [-0.2, 0) is 9.59 Å². The van der Waals surface area contributed by atoms with Gasteiger partial charge in [-0.3, -0.25) is 14.4 Å². The zero-order chi connectivity index (χ0) is 21.7. The fourth-order valence-corrected chi connectivity index (χ4v) is 4.48. The number of amides is 3. The fourth-order valence-electron chi connectivity index (χ4n) is 4.48. The van der Waals surface area contributed by atoms with Gasteiger partial charge >= 0.3 is 0 Å². The summed E-state index contributed by atoms with van der Waals surface area (Å²) < 4.78 is 10.6. The molecule has 1 aromatic rings. The van der Waals surface area contributed by atoms with Gasteiger partial charge in [-0.15, -0.1) is 0 Å². The number of nitrogens with one attached hydrogen (secondary N) is 1. The van der Waals surface area contributed by atoms with Crippen molar-refractivity contribution in [2.45, 2.75) is 38.6 Å². The molecular formula is C22H31N3O5. The van der Waals surface area contributed by atoms with Gasteiger partial charge in [-0.05, 0) is 25.0 Å². The molecule has 0 bridgehead atoms. The Bertz CT molecular complexity index is 797. The highest BCUT2D eigenvalue weighted by molar-refractivity contribution is 5.97. The first-order chi connectivity index (χ1) is 14.5. The van der Waals surface area contributed by atoms with Gasteiger partial charge in [-0.2, -0.15) is 0 Å². The van der Waals surface area contributed by atoms with E-state index in [4.69, 9.17) is 9.47 Å². The lowest BCUT2D eigenvalue weighted by Gasteiger charge is -2.41. The normalized spacial score (nSPS) is 22.6. The summed E-state index contributed by atoms with van der Waals surface area (Å²) in [5, 5.41) is 2.97. The maximum atomic E-state index is 13.3. The molecule has 8 heteroatoms. The molecule has 2 atom stereocenters. The number of methoxy groups -OCH3 is 2. The van der Waals surface area contributed by atoms with Crippen LogP contribution in [0.3, 0.4) is 0 Å². The monoisotopic (exact) mass is 417 g/mol. The van der Waals surface area contributed by atoms with E-state index < -0.39 is 0 Å². The van der Waals surface area contributed by atoms with Crippen molar-refractivity contribution < 1.29 is 23.9 Å². The Kier molecular flexibility index (Phi) is 7.18. The zero-order valence-corrected chi connectivity index (χ0v) is 18.0. The molecule has 0 unspecified atom stereocenters. The summed E-state index contributed by atoms with van der Waals surface area (Å²) in [7, 11) is 3.06. The van der Waals surface area contributed by atoms with Crippen molar-refractivity contribution in [1.82, 2.24) is 15.1 Å². The number of rotatable bonds is 3. The van der Waals surface area contributed by atoms with Crippen LogP contribution in [0.4, 0.5) is 0 Å². The highest BCUT2D eigenvalue weighted by Gasteiger charge is 2.37. The summed E-state index contributed by atoms with van der Waals surface area (Å²) in [5.41, 5.74) is 0.423. The topological polar surface area (TPSA) is 88.2 Å². The van der Waals surface area contributed by atoms with E-state index in [9.17, 15) is 14.4 Å². The van der Waals surface area contributed by atoms with Gasteiger partial charge in [0.15, 0.2) is 0 Å².